The van der Waals surface area contributed by atoms with Crippen LogP contribution in [0.25, 0.3) is 0 Å². The van der Waals surface area contributed by atoms with E-state index in [2.05, 4.69) is 0 Å². The van der Waals surface area contributed by atoms with E-state index in [-0.39, 0.29) is 5.92 Å². The third kappa shape index (κ3) is 3.20. The summed E-state index contributed by atoms with van der Waals surface area (Å²) in [5.41, 5.74) is -6.48. The molecule has 2 aliphatic carbocycles. The van der Waals surface area contributed by atoms with Crippen molar-refractivity contribution in [3.8, 4) is 0 Å². The van der Waals surface area contributed by atoms with Crippen molar-refractivity contribution < 1.29 is 36.6 Å². The van der Waals surface area contributed by atoms with Crippen molar-refractivity contribution in [2.75, 3.05) is 0 Å². The molecule has 3 atom stereocenters. The maximum Gasteiger partial charge on any atom is 0.426 e. The van der Waals surface area contributed by atoms with Gasteiger partial charge in [-0.2, -0.15) is 26.3 Å². The first-order valence-electron chi connectivity index (χ1n) is 8.31. The quantitative estimate of drug-likeness (QED) is 0.553. The first kappa shape index (κ1) is 20.6. The molecule has 0 aromatic carbocycles. The Labute approximate surface area is 142 Å². The van der Waals surface area contributed by atoms with Crippen LogP contribution in [0.15, 0.2) is 11.6 Å². The maximum absolute atomic E-state index is 13.1. The largest absolute Gasteiger partial charge is 0.426 e. The van der Waals surface area contributed by atoms with Gasteiger partial charge in [0.15, 0.2) is 0 Å². The first-order chi connectivity index (χ1) is 11.1. The van der Waals surface area contributed by atoms with Gasteiger partial charge >= 0.3 is 12.4 Å². The molecular weight excluding hydrogens is 350 g/mol. The third-order valence-corrected chi connectivity index (χ3v) is 6.03. The van der Waals surface area contributed by atoms with E-state index in [9.17, 15) is 36.6 Å². The zero-order valence-corrected chi connectivity index (χ0v) is 14.4. The predicted octanol–water partition coefficient (Wildman–Crippen LogP) is 4.76. The van der Waals surface area contributed by atoms with Gasteiger partial charge in [0.05, 0.1) is 6.10 Å². The minimum absolute atomic E-state index is 0.208. The number of fused-ring (bicyclic) bond motifs is 1. The third-order valence-electron chi connectivity index (χ3n) is 6.03. The van der Waals surface area contributed by atoms with E-state index >= 15 is 0 Å². The molecule has 0 aromatic rings. The Bertz CT molecular complexity index is 534. The van der Waals surface area contributed by atoms with Gasteiger partial charge in [-0.25, -0.2) is 0 Å². The van der Waals surface area contributed by atoms with Crippen LogP contribution in [0.5, 0.6) is 0 Å². The molecule has 2 aliphatic rings. The minimum Gasteiger partial charge on any atom is -0.393 e. The Morgan fingerprint density at radius 1 is 1.12 bits per heavy atom. The number of allylic oxidation sites excluding steroid dienone is 2. The molecule has 0 amide bonds. The van der Waals surface area contributed by atoms with Gasteiger partial charge in [0.2, 0.25) is 0 Å². The maximum atomic E-state index is 13.1. The Balaban J connectivity index is 2.38. The molecule has 0 spiro atoms. The molecule has 2 rings (SSSR count). The van der Waals surface area contributed by atoms with Gasteiger partial charge in [0, 0.05) is 6.42 Å². The van der Waals surface area contributed by atoms with E-state index in [0.717, 1.165) is 0 Å². The van der Waals surface area contributed by atoms with Crippen LogP contribution >= 0.6 is 0 Å². The summed E-state index contributed by atoms with van der Waals surface area (Å²) in [4.78, 5) is 0. The average Bonchev–Trinajstić information content (AvgIpc) is 2.75. The second-order valence-electron chi connectivity index (χ2n) is 8.25. The summed E-state index contributed by atoms with van der Waals surface area (Å²) in [6.45, 7) is 4.40. The number of halogens is 6. The summed E-state index contributed by atoms with van der Waals surface area (Å²) in [5, 5.41) is 19.8. The standard InChI is InChI=1S/C17H24F6O2/c1-13(2,9-15(25,16(18,19)20)17(21,22)23)12-7-6-10-11(24)5-4-8-14(10,12)3/h7,10-11,24-25H,4-6,8-9H2,1-3H3/t10-,11-,14-/m0/s1. The zero-order valence-electron chi connectivity index (χ0n) is 14.4. The monoisotopic (exact) mass is 374 g/mol. The molecule has 25 heavy (non-hydrogen) atoms. The highest BCUT2D eigenvalue weighted by Crippen LogP contribution is 2.60. The van der Waals surface area contributed by atoms with Crippen molar-refractivity contribution in [1.29, 1.82) is 0 Å². The van der Waals surface area contributed by atoms with Gasteiger partial charge in [0.25, 0.3) is 5.60 Å². The molecule has 0 radical (unpaired) electrons. The molecule has 0 saturated heterocycles. The summed E-state index contributed by atoms with van der Waals surface area (Å²) in [6, 6.07) is 0. The summed E-state index contributed by atoms with van der Waals surface area (Å²) < 4.78 is 78.5. The highest BCUT2D eigenvalue weighted by atomic mass is 19.4. The summed E-state index contributed by atoms with van der Waals surface area (Å²) >= 11 is 0. The second-order valence-corrected chi connectivity index (χ2v) is 8.25. The van der Waals surface area contributed by atoms with Gasteiger partial charge in [-0.15, -0.1) is 0 Å². The lowest BCUT2D eigenvalue weighted by Gasteiger charge is -2.48. The fourth-order valence-electron chi connectivity index (χ4n) is 4.86. The van der Waals surface area contributed by atoms with Crippen molar-refractivity contribution >= 4 is 0 Å². The summed E-state index contributed by atoms with van der Waals surface area (Å²) in [6.07, 6.45) is -9.85. The summed E-state index contributed by atoms with van der Waals surface area (Å²) in [5.74, 6) is -0.208. The minimum atomic E-state index is -5.83. The Kier molecular flexibility index (Phi) is 4.83. The van der Waals surface area contributed by atoms with Crippen molar-refractivity contribution in [3.63, 3.8) is 0 Å². The predicted molar refractivity (Wildman–Crippen MR) is 79.6 cm³/mol. The Morgan fingerprint density at radius 2 is 1.64 bits per heavy atom. The lowest BCUT2D eigenvalue weighted by molar-refractivity contribution is -0.374. The van der Waals surface area contributed by atoms with Crippen LogP contribution in [0.2, 0.25) is 0 Å². The van der Waals surface area contributed by atoms with Gasteiger partial charge in [-0.05, 0) is 42.4 Å². The molecule has 2 N–H and O–H groups in total. The fraction of sp³-hybridized carbons (Fsp3) is 0.882. The molecule has 8 heteroatoms. The molecule has 0 heterocycles. The van der Waals surface area contributed by atoms with E-state index in [1.54, 1.807) is 13.0 Å². The van der Waals surface area contributed by atoms with Crippen molar-refractivity contribution in [3.05, 3.63) is 11.6 Å². The molecular formula is C17H24F6O2. The number of alkyl halides is 6. The van der Waals surface area contributed by atoms with Crippen LogP contribution in [0.3, 0.4) is 0 Å². The van der Waals surface area contributed by atoms with Gasteiger partial charge in [-0.1, -0.05) is 32.4 Å². The molecule has 0 bridgehead atoms. The van der Waals surface area contributed by atoms with E-state index in [1.807, 2.05) is 0 Å². The number of hydrogen-bond donors (Lipinski definition) is 2. The number of aliphatic hydroxyl groups excluding tert-OH is 1. The lowest BCUT2D eigenvalue weighted by atomic mass is 9.58. The second kappa shape index (κ2) is 5.87. The van der Waals surface area contributed by atoms with Crippen LogP contribution in [-0.4, -0.2) is 34.3 Å². The van der Waals surface area contributed by atoms with Crippen LogP contribution in [-0.2, 0) is 0 Å². The van der Waals surface area contributed by atoms with Crippen molar-refractivity contribution in [2.24, 2.45) is 16.7 Å². The molecule has 1 saturated carbocycles. The highest BCUT2D eigenvalue weighted by Gasteiger charge is 2.72. The molecule has 146 valence electrons. The van der Waals surface area contributed by atoms with E-state index in [0.29, 0.717) is 31.3 Å². The fourth-order valence-corrected chi connectivity index (χ4v) is 4.86. The van der Waals surface area contributed by atoms with E-state index < -0.39 is 41.3 Å². The van der Waals surface area contributed by atoms with Gasteiger partial charge in [-0.3, -0.25) is 0 Å². The number of rotatable bonds is 3. The number of hydrogen-bond acceptors (Lipinski definition) is 2. The van der Waals surface area contributed by atoms with Crippen LogP contribution < -0.4 is 0 Å². The van der Waals surface area contributed by atoms with Crippen molar-refractivity contribution in [1.82, 2.24) is 0 Å². The van der Waals surface area contributed by atoms with E-state index in [1.165, 1.54) is 13.8 Å². The molecule has 0 aliphatic heterocycles. The lowest BCUT2D eigenvalue weighted by Crippen LogP contribution is -2.59. The average molecular weight is 374 g/mol. The molecule has 1 fully saturated rings. The Hall–Kier alpha value is -0.760. The zero-order chi connectivity index (χ0) is 19.5. The van der Waals surface area contributed by atoms with E-state index in [4.69, 9.17) is 0 Å². The Morgan fingerprint density at radius 3 is 2.12 bits per heavy atom. The van der Waals surface area contributed by atoms with Crippen LogP contribution in [0, 0.1) is 16.7 Å². The van der Waals surface area contributed by atoms with Gasteiger partial charge in [0.1, 0.15) is 0 Å². The first-order valence-corrected chi connectivity index (χ1v) is 8.31. The van der Waals surface area contributed by atoms with Crippen LogP contribution in [0.4, 0.5) is 26.3 Å². The highest BCUT2D eigenvalue weighted by molar-refractivity contribution is 5.30. The SMILES string of the molecule is CC(C)(CC(O)(C(F)(F)F)C(F)(F)F)C1=CC[C@H]2[C@@H](O)CCC[C@]12C. The topological polar surface area (TPSA) is 40.5 Å². The molecule has 2 nitrogen and oxygen atoms in total. The molecule has 0 unspecified atom stereocenters. The van der Waals surface area contributed by atoms with Crippen molar-refractivity contribution in [2.45, 2.75) is 76.9 Å². The van der Waals surface area contributed by atoms with Gasteiger partial charge < -0.3 is 10.2 Å². The summed E-state index contributed by atoms with van der Waals surface area (Å²) in [7, 11) is 0. The number of aliphatic hydroxyl groups is 2. The van der Waals surface area contributed by atoms with Crippen LogP contribution in [0.1, 0.15) is 52.9 Å². The normalized spacial score (nSPS) is 31.7. The molecule has 0 aromatic heterocycles. The smallest absolute Gasteiger partial charge is 0.393 e.